The molecule has 0 spiro atoms. The van der Waals surface area contributed by atoms with Crippen LogP contribution in [0.1, 0.15) is 39.7 Å². The first-order valence-electron chi connectivity index (χ1n) is 9.76. The standard InChI is InChI=1S/C23H29NO3S/c1-15(22(25)26)21-19(13-14-24-21)27-18-7-5-6-8-20(18)28-17-11-9-16(10-12-17)23(2,3)4/h5-12,15,19,21,24H,13-14H2,1-4H3,(H,25,26). The van der Waals surface area contributed by atoms with Crippen molar-refractivity contribution < 1.29 is 14.6 Å². The SMILES string of the molecule is CC(C(=O)O)C1NCCC1Oc1ccccc1Sc1ccc(C(C)(C)C)cc1. The number of rotatable bonds is 6. The molecule has 1 heterocycles. The number of carboxylic acid groups (broad SMARTS) is 1. The van der Waals surface area contributed by atoms with Gasteiger partial charge in [0, 0.05) is 4.90 Å². The molecular weight excluding hydrogens is 370 g/mol. The summed E-state index contributed by atoms with van der Waals surface area (Å²) in [5.41, 5.74) is 1.44. The van der Waals surface area contributed by atoms with Gasteiger partial charge in [-0.05, 0) is 48.2 Å². The van der Waals surface area contributed by atoms with Crippen molar-refractivity contribution in [2.45, 2.75) is 61.5 Å². The van der Waals surface area contributed by atoms with Crippen LogP contribution in [0.2, 0.25) is 0 Å². The van der Waals surface area contributed by atoms with Gasteiger partial charge in [-0.3, -0.25) is 4.79 Å². The monoisotopic (exact) mass is 399 g/mol. The van der Waals surface area contributed by atoms with Gasteiger partial charge in [-0.25, -0.2) is 0 Å². The number of benzene rings is 2. The molecule has 1 aliphatic rings. The summed E-state index contributed by atoms with van der Waals surface area (Å²) in [5.74, 6) is -0.476. The van der Waals surface area contributed by atoms with Gasteiger partial charge in [0.15, 0.2) is 0 Å². The van der Waals surface area contributed by atoms with Crippen LogP contribution in [0.15, 0.2) is 58.3 Å². The van der Waals surface area contributed by atoms with Crippen molar-refractivity contribution in [3.63, 3.8) is 0 Å². The fraction of sp³-hybridized carbons (Fsp3) is 0.435. The first-order valence-corrected chi connectivity index (χ1v) is 10.6. The van der Waals surface area contributed by atoms with Crippen LogP contribution in [0, 0.1) is 5.92 Å². The summed E-state index contributed by atoms with van der Waals surface area (Å²) in [6.45, 7) is 9.14. The van der Waals surface area contributed by atoms with E-state index in [9.17, 15) is 9.90 Å². The number of para-hydroxylation sites is 1. The van der Waals surface area contributed by atoms with E-state index in [0.717, 1.165) is 28.5 Å². The Labute approximate surface area is 171 Å². The van der Waals surface area contributed by atoms with Gasteiger partial charge in [0.1, 0.15) is 11.9 Å². The Hall–Kier alpha value is -1.98. The highest BCUT2D eigenvalue weighted by atomic mass is 32.2. The van der Waals surface area contributed by atoms with Crippen LogP contribution < -0.4 is 10.1 Å². The highest BCUT2D eigenvalue weighted by molar-refractivity contribution is 7.99. The third kappa shape index (κ3) is 4.89. The van der Waals surface area contributed by atoms with E-state index in [1.807, 2.05) is 18.2 Å². The van der Waals surface area contributed by atoms with Crippen molar-refractivity contribution in [3.05, 3.63) is 54.1 Å². The maximum atomic E-state index is 11.4. The molecule has 0 radical (unpaired) electrons. The van der Waals surface area contributed by atoms with Gasteiger partial charge in [0.2, 0.25) is 0 Å². The predicted octanol–water partition coefficient (Wildman–Crippen LogP) is 4.97. The molecule has 0 bridgehead atoms. The molecule has 1 fully saturated rings. The molecule has 2 N–H and O–H groups in total. The molecule has 0 amide bonds. The molecule has 28 heavy (non-hydrogen) atoms. The van der Waals surface area contributed by atoms with Crippen LogP contribution in [-0.2, 0) is 10.2 Å². The number of hydrogen-bond donors (Lipinski definition) is 2. The Morgan fingerprint density at radius 1 is 1.18 bits per heavy atom. The zero-order valence-corrected chi connectivity index (χ0v) is 17.8. The Kier molecular flexibility index (Phi) is 6.36. The van der Waals surface area contributed by atoms with Gasteiger partial charge in [0.05, 0.1) is 16.9 Å². The van der Waals surface area contributed by atoms with E-state index in [1.54, 1.807) is 18.7 Å². The van der Waals surface area contributed by atoms with E-state index in [2.05, 4.69) is 56.4 Å². The number of aliphatic carboxylic acids is 1. The van der Waals surface area contributed by atoms with Crippen molar-refractivity contribution in [1.29, 1.82) is 0 Å². The molecule has 3 unspecified atom stereocenters. The lowest BCUT2D eigenvalue weighted by Crippen LogP contribution is -2.42. The maximum absolute atomic E-state index is 11.4. The first-order chi connectivity index (χ1) is 13.3. The summed E-state index contributed by atoms with van der Waals surface area (Å²) in [5, 5.41) is 12.6. The topological polar surface area (TPSA) is 58.6 Å². The molecule has 1 aliphatic heterocycles. The van der Waals surface area contributed by atoms with E-state index >= 15 is 0 Å². The first kappa shape index (κ1) is 20.7. The van der Waals surface area contributed by atoms with E-state index < -0.39 is 11.9 Å². The van der Waals surface area contributed by atoms with Gasteiger partial charge < -0.3 is 15.2 Å². The lowest BCUT2D eigenvalue weighted by molar-refractivity contribution is -0.142. The van der Waals surface area contributed by atoms with Crippen LogP contribution in [0.4, 0.5) is 0 Å². The van der Waals surface area contributed by atoms with E-state index in [0.29, 0.717) is 0 Å². The molecule has 2 aromatic rings. The Bertz CT molecular complexity index is 813. The summed E-state index contributed by atoms with van der Waals surface area (Å²) in [4.78, 5) is 13.6. The maximum Gasteiger partial charge on any atom is 0.307 e. The second kappa shape index (κ2) is 8.58. The van der Waals surface area contributed by atoms with Crippen LogP contribution >= 0.6 is 11.8 Å². The molecule has 3 rings (SSSR count). The summed E-state index contributed by atoms with van der Waals surface area (Å²) < 4.78 is 6.29. The third-order valence-corrected chi connectivity index (χ3v) is 6.28. The minimum Gasteiger partial charge on any atom is -0.488 e. The Balaban J connectivity index is 1.75. The smallest absolute Gasteiger partial charge is 0.307 e. The molecule has 3 atom stereocenters. The molecule has 150 valence electrons. The fourth-order valence-electron chi connectivity index (χ4n) is 3.43. The number of nitrogens with one attached hydrogen (secondary N) is 1. The van der Waals surface area contributed by atoms with Crippen LogP contribution in [0.25, 0.3) is 0 Å². The summed E-state index contributed by atoms with van der Waals surface area (Å²) in [7, 11) is 0. The van der Waals surface area contributed by atoms with Gasteiger partial charge in [-0.1, -0.05) is 63.7 Å². The summed E-state index contributed by atoms with van der Waals surface area (Å²) in [6, 6.07) is 16.4. The van der Waals surface area contributed by atoms with E-state index in [4.69, 9.17) is 4.74 Å². The number of carboxylic acids is 1. The molecule has 0 saturated carbocycles. The Morgan fingerprint density at radius 3 is 2.50 bits per heavy atom. The third-order valence-electron chi connectivity index (χ3n) is 5.21. The predicted molar refractivity (Wildman–Crippen MR) is 113 cm³/mol. The quantitative estimate of drug-likeness (QED) is 0.718. The van der Waals surface area contributed by atoms with Crippen LogP contribution in [0.3, 0.4) is 0 Å². The average Bonchev–Trinajstić information content (AvgIpc) is 3.10. The normalized spacial score (nSPS) is 20.7. The van der Waals surface area contributed by atoms with Crippen molar-refractivity contribution in [1.82, 2.24) is 5.32 Å². The largest absolute Gasteiger partial charge is 0.488 e. The second-order valence-corrected chi connectivity index (χ2v) is 9.49. The van der Waals surface area contributed by atoms with Gasteiger partial charge in [-0.15, -0.1) is 0 Å². The number of carbonyl (C=O) groups is 1. The van der Waals surface area contributed by atoms with E-state index in [-0.39, 0.29) is 17.6 Å². The minimum atomic E-state index is -0.797. The van der Waals surface area contributed by atoms with Gasteiger partial charge in [0.25, 0.3) is 0 Å². The Morgan fingerprint density at radius 2 is 1.86 bits per heavy atom. The molecular formula is C23H29NO3S. The average molecular weight is 400 g/mol. The molecule has 0 aliphatic carbocycles. The highest BCUT2D eigenvalue weighted by Crippen LogP contribution is 2.37. The number of ether oxygens (including phenoxy) is 1. The van der Waals surface area contributed by atoms with Gasteiger partial charge >= 0.3 is 5.97 Å². The van der Waals surface area contributed by atoms with Crippen molar-refractivity contribution in [2.24, 2.45) is 5.92 Å². The minimum absolute atomic E-state index is 0.134. The molecule has 1 saturated heterocycles. The zero-order valence-electron chi connectivity index (χ0n) is 16.9. The van der Waals surface area contributed by atoms with Crippen molar-refractivity contribution in [3.8, 4) is 5.75 Å². The molecule has 4 nitrogen and oxygen atoms in total. The van der Waals surface area contributed by atoms with Crippen molar-refractivity contribution >= 4 is 17.7 Å². The number of hydrogen-bond acceptors (Lipinski definition) is 4. The lowest BCUT2D eigenvalue weighted by atomic mass is 9.87. The van der Waals surface area contributed by atoms with Crippen LogP contribution in [-0.4, -0.2) is 29.8 Å². The zero-order chi connectivity index (χ0) is 20.3. The second-order valence-electron chi connectivity index (χ2n) is 8.37. The van der Waals surface area contributed by atoms with Crippen LogP contribution in [0.5, 0.6) is 5.75 Å². The van der Waals surface area contributed by atoms with Crippen molar-refractivity contribution in [2.75, 3.05) is 6.54 Å². The summed E-state index contributed by atoms with van der Waals surface area (Å²) >= 11 is 1.67. The van der Waals surface area contributed by atoms with Gasteiger partial charge in [-0.2, -0.15) is 0 Å². The molecule has 2 aromatic carbocycles. The molecule has 0 aromatic heterocycles. The lowest BCUT2D eigenvalue weighted by Gasteiger charge is -2.25. The summed E-state index contributed by atoms with van der Waals surface area (Å²) in [6.07, 6.45) is 0.665. The fourth-order valence-corrected chi connectivity index (χ4v) is 4.32. The van der Waals surface area contributed by atoms with E-state index in [1.165, 1.54) is 5.56 Å². The molecule has 5 heteroatoms. The highest BCUT2D eigenvalue weighted by Gasteiger charge is 2.36.